The number of halogens is 2. The van der Waals surface area contributed by atoms with Crippen molar-refractivity contribution in [2.24, 2.45) is 5.41 Å². The molecule has 0 unspecified atom stereocenters. The fraction of sp³-hybridized carbons (Fsp3) is 0.429. The Hall–Kier alpha value is -2.54. The summed E-state index contributed by atoms with van der Waals surface area (Å²) in [6.07, 6.45) is 1.86. The third-order valence-corrected chi connectivity index (χ3v) is 6.07. The van der Waals surface area contributed by atoms with Crippen molar-refractivity contribution < 1.29 is 23.1 Å². The zero-order chi connectivity index (χ0) is 20.8. The first-order chi connectivity index (χ1) is 13.7. The predicted molar refractivity (Wildman–Crippen MR) is 104 cm³/mol. The molecule has 154 valence electrons. The van der Waals surface area contributed by atoms with Crippen molar-refractivity contribution >= 4 is 23.4 Å². The zero-order valence-corrected chi connectivity index (χ0v) is 17.0. The van der Waals surface area contributed by atoms with Gasteiger partial charge < -0.3 is 19.8 Å². The van der Waals surface area contributed by atoms with Crippen LogP contribution in [0.5, 0.6) is 5.75 Å². The molecule has 2 aromatic rings. The smallest absolute Gasteiger partial charge is 0.258 e. The van der Waals surface area contributed by atoms with E-state index < -0.39 is 5.82 Å². The summed E-state index contributed by atoms with van der Waals surface area (Å²) in [6, 6.07) is 5.94. The van der Waals surface area contributed by atoms with Crippen molar-refractivity contribution in [2.75, 3.05) is 6.61 Å². The monoisotopic (exact) mass is 420 g/mol. The second kappa shape index (κ2) is 7.06. The molecule has 0 atom stereocenters. The van der Waals surface area contributed by atoms with E-state index in [1.807, 2.05) is 19.9 Å². The first kappa shape index (κ1) is 19.8. The molecular weight excluding hydrogens is 399 g/mol. The number of nitrogens with one attached hydrogen (secondary N) is 2. The van der Waals surface area contributed by atoms with Gasteiger partial charge in [0.15, 0.2) is 6.61 Å². The number of rotatable bonds is 7. The summed E-state index contributed by atoms with van der Waals surface area (Å²) in [5, 5.41) is 5.92. The largest absolute Gasteiger partial charge is 0.484 e. The Labute approximate surface area is 172 Å². The standard InChI is InChI=1S/C21H22ClFN2O4/c1-12-5-14(13(2)29-12)7-24-19(27)20-9-21(10-20,11-20)25-18(26)8-28-15-3-4-16(22)17(23)6-15/h3-6H,7-11H2,1-2H3,(H,24,27)(H,25,26). The molecule has 8 heteroatoms. The van der Waals surface area contributed by atoms with E-state index in [9.17, 15) is 14.0 Å². The van der Waals surface area contributed by atoms with E-state index in [1.165, 1.54) is 12.1 Å². The fourth-order valence-corrected chi connectivity index (χ4v) is 4.55. The number of amides is 2. The van der Waals surface area contributed by atoms with E-state index in [-0.39, 0.29) is 40.1 Å². The number of benzene rings is 1. The van der Waals surface area contributed by atoms with Gasteiger partial charge in [-0.2, -0.15) is 0 Å². The SMILES string of the molecule is Cc1cc(CNC(=O)C23CC(NC(=O)COc4ccc(Cl)c(F)c4)(C2)C3)c(C)o1. The van der Waals surface area contributed by atoms with Crippen molar-refractivity contribution in [3.05, 3.63) is 52.2 Å². The number of ether oxygens (including phenoxy) is 1. The van der Waals surface area contributed by atoms with Crippen LogP contribution >= 0.6 is 11.6 Å². The summed E-state index contributed by atoms with van der Waals surface area (Å²) < 4.78 is 24.2. The Kier molecular flexibility index (Phi) is 4.81. The summed E-state index contributed by atoms with van der Waals surface area (Å²) in [6.45, 7) is 3.97. The molecular formula is C21H22ClFN2O4. The van der Waals surface area contributed by atoms with Crippen LogP contribution in [0.15, 0.2) is 28.7 Å². The Morgan fingerprint density at radius 3 is 2.59 bits per heavy atom. The van der Waals surface area contributed by atoms with Crippen LogP contribution in [-0.4, -0.2) is 24.0 Å². The second-order valence-electron chi connectivity index (χ2n) is 8.12. The summed E-state index contributed by atoms with van der Waals surface area (Å²) >= 11 is 5.62. The molecule has 3 fully saturated rings. The first-order valence-electron chi connectivity index (χ1n) is 9.43. The lowest BCUT2D eigenvalue weighted by molar-refractivity contribution is -0.184. The minimum absolute atomic E-state index is 0.00249. The average Bonchev–Trinajstić information content (AvgIpc) is 2.93. The van der Waals surface area contributed by atoms with Gasteiger partial charge in [0, 0.05) is 23.7 Å². The molecule has 1 aromatic carbocycles. The van der Waals surface area contributed by atoms with Crippen LogP contribution in [0.25, 0.3) is 0 Å². The van der Waals surface area contributed by atoms with Crippen LogP contribution in [-0.2, 0) is 16.1 Å². The Morgan fingerprint density at radius 1 is 1.24 bits per heavy atom. The number of carbonyl (C=O) groups excluding carboxylic acids is 2. The molecule has 6 nitrogen and oxygen atoms in total. The molecule has 0 radical (unpaired) electrons. The van der Waals surface area contributed by atoms with Gasteiger partial charge in [0.2, 0.25) is 5.91 Å². The summed E-state index contributed by atoms with van der Waals surface area (Å²) in [5.74, 6) is 0.989. The Bertz CT molecular complexity index is 967. The van der Waals surface area contributed by atoms with Crippen LogP contribution in [0.1, 0.15) is 36.3 Å². The van der Waals surface area contributed by atoms with E-state index in [0.29, 0.717) is 25.8 Å². The molecule has 0 aliphatic heterocycles. The fourth-order valence-electron chi connectivity index (χ4n) is 4.43. The average molecular weight is 421 g/mol. The maximum atomic E-state index is 13.4. The molecule has 2 bridgehead atoms. The number of aryl methyl sites for hydroxylation is 2. The number of hydrogen-bond donors (Lipinski definition) is 2. The Morgan fingerprint density at radius 2 is 1.97 bits per heavy atom. The van der Waals surface area contributed by atoms with E-state index in [0.717, 1.165) is 23.2 Å². The number of carbonyl (C=O) groups is 2. The van der Waals surface area contributed by atoms with Crippen molar-refractivity contribution in [3.63, 3.8) is 0 Å². The van der Waals surface area contributed by atoms with Gasteiger partial charge in [0.25, 0.3) is 5.91 Å². The molecule has 1 heterocycles. The van der Waals surface area contributed by atoms with Crippen molar-refractivity contribution in [1.29, 1.82) is 0 Å². The molecule has 3 aliphatic carbocycles. The number of furan rings is 1. The van der Waals surface area contributed by atoms with Crippen molar-refractivity contribution in [1.82, 2.24) is 10.6 Å². The van der Waals surface area contributed by atoms with Crippen LogP contribution in [0.2, 0.25) is 5.02 Å². The third-order valence-electron chi connectivity index (χ3n) is 5.76. The second-order valence-corrected chi connectivity index (χ2v) is 8.53. The summed E-state index contributed by atoms with van der Waals surface area (Å²) in [7, 11) is 0. The van der Waals surface area contributed by atoms with Gasteiger partial charge >= 0.3 is 0 Å². The quantitative estimate of drug-likeness (QED) is 0.719. The molecule has 5 rings (SSSR count). The molecule has 0 saturated heterocycles. The maximum absolute atomic E-state index is 13.4. The van der Waals surface area contributed by atoms with Gasteiger partial charge in [0.1, 0.15) is 23.1 Å². The van der Waals surface area contributed by atoms with E-state index in [1.54, 1.807) is 0 Å². The van der Waals surface area contributed by atoms with Crippen LogP contribution in [0.3, 0.4) is 0 Å². The van der Waals surface area contributed by atoms with Crippen molar-refractivity contribution in [2.45, 2.75) is 45.2 Å². The van der Waals surface area contributed by atoms with Gasteiger partial charge in [-0.25, -0.2) is 4.39 Å². The highest BCUT2D eigenvalue weighted by molar-refractivity contribution is 6.30. The summed E-state index contributed by atoms with van der Waals surface area (Å²) in [5.41, 5.74) is 0.256. The highest BCUT2D eigenvalue weighted by Gasteiger charge is 2.72. The van der Waals surface area contributed by atoms with Gasteiger partial charge in [-0.3, -0.25) is 9.59 Å². The lowest BCUT2D eigenvalue weighted by Crippen LogP contribution is -2.78. The van der Waals surface area contributed by atoms with Crippen LogP contribution in [0.4, 0.5) is 4.39 Å². The highest BCUT2D eigenvalue weighted by atomic mass is 35.5. The van der Waals surface area contributed by atoms with Crippen molar-refractivity contribution in [3.8, 4) is 5.75 Å². The lowest BCUT2D eigenvalue weighted by Gasteiger charge is -2.69. The first-order valence-corrected chi connectivity index (χ1v) is 9.81. The van der Waals surface area contributed by atoms with Gasteiger partial charge in [0.05, 0.1) is 10.4 Å². The van der Waals surface area contributed by atoms with Gasteiger partial charge in [-0.05, 0) is 51.3 Å². The van der Waals surface area contributed by atoms with Crippen LogP contribution < -0.4 is 15.4 Å². The lowest BCUT2D eigenvalue weighted by atomic mass is 9.39. The normalized spacial score (nSPS) is 24.3. The molecule has 29 heavy (non-hydrogen) atoms. The topological polar surface area (TPSA) is 80.6 Å². The molecule has 3 aliphatic rings. The molecule has 0 spiro atoms. The minimum atomic E-state index is -0.599. The molecule has 1 aromatic heterocycles. The number of hydrogen-bond acceptors (Lipinski definition) is 4. The van der Waals surface area contributed by atoms with Gasteiger partial charge in [-0.1, -0.05) is 11.6 Å². The Balaban J connectivity index is 1.22. The van der Waals surface area contributed by atoms with E-state index in [2.05, 4.69) is 10.6 Å². The minimum Gasteiger partial charge on any atom is -0.484 e. The molecule has 2 N–H and O–H groups in total. The van der Waals surface area contributed by atoms with E-state index >= 15 is 0 Å². The highest BCUT2D eigenvalue weighted by Crippen LogP contribution is 2.67. The predicted octanol–water partition coefficient (Wildman–Crippen LogP) is 3.42. The molecule has 2 amide bonds. The van der Waals surface area contributed by atoms with E-state index in [4.69, 9.17) is 20.8 Å². The maximum Gasteiger partial charge on any atom is 0.258 e. The third kappa shape index (κ3) is 3.71. The zero-order valence-electron chi connectivity index (χ0n) is 16.2. The molecule has 3 saturated carbocycles. The summed E-state index contributed by atoms with van der Waals surface area (Å²) in [4.78, 5) is 24.7. The van der Waals surface area contributed by atoms with Gasteiger partial charge in [-0.15, -0.1) is 0 Å². The van der Waals surface area contributed by atoms with Crippen LogP contribution in [0, 0.1) is 25.1 Å².